The maximum atomic E-state index is 12.0. The first-order valence-electron chi connectivity index (χ1n) is 5.64. The van der Waals surface area contributed by atoms with Crippen LogP contribution in [0.1, 0.15) is 10.5 Å². The minimum Gasteiger partial charge on any atom is -0.331 e. The molecular weight excluding hydrogens is 296 g/mol. The molecular formula is C13H11ClN4OS. The van der Waals surface area contributed by atoms with Crippen molar-refractivity contribution in [3.05, 3.63) is 59.4 Å². The van der Waals surface area contributed by atoms with Crippen molar-refractivity contribution in [1.82, 2.24) is 9.99 Å². The number of hydrogen-bond acceptors (Lipinski definition) is 4. The van der Waals surface area contributed by atoms with E-state index < -0.39 is 5.91 Å². The van der Waals surface area contributed by atoms with Crippen LogP contribution < -0.4 is 11.2 Å². The van der Waals surface area contributed by atoms with Crippen LogP contribution in [0.5, 0.6) is 0 Å². The van der Waals surface area contributed by atoms with E-state index in [1.807, 2.05) is 0 Å². The first-order chi connectivity index (χ1) is 9.58. The van der Waals surface area contributed by atoms with Gasteiger partial charge in [0.25, 0.3) is 5.91 Å². The summed E-state index contributed by atoms with van der Waals surface area (Å²) >= 11 is 10.9. The summed E-state index contributed by atoms with van der Waals surface area (Å²) in [7, 11) is 0. The van der Waals surface area contributed by atoms with E-state index in [2.05, 4.69) is 10.3 Å². The Morgan fingerprint density at radius 3 is 2.75 bits per heavy atom. The van der Waals surface area contributed by atoms with Crippen molar-refractivity contribution in [2.45, 2.75) is 0 Å². The van der Waals surface area contributed by atoms with Gasteiger partial charge in [0.1, 0.15) is 5.69 Å². The number of hydrazine groups is 1. The van der Waals surface area contributed by atoms with Crippen LogP contribution in [0.25, 0.3) is 0 Å². The molecule has 2 rings (SSSR count). The Morgan fingerprint density at radius 1 is 1.30 bits per heavy atom. The van der Waals surface area contributed by atoms with Gasteiger partial charge in [0.15, 0.2) is 5.11 Å². The molecule has 2 aromatic rings. The SMILES string of the molecule is NN(C(=O)c1ccccn1)C(=S)Nc1cccc(Cl)c1. The second kappa shape index (κ2) is 6.42. The van der Waals surface area contributed by atoms with Gasteiger partial charge in [-0.15, -0.1) is 0 Å². The largest absolute Gasteiger partial charge is 0.331 e. The maximum Gasteiger partial charge on any atom is 0.292 e. The molecule has 0 saturated carbocycles. The highest BCUT2D eigenvalue weighted by atomic mass is 35.5. The van der Waals surface area contributed by atoms with Crippen molar-refractivity contribution < 1.29 is 4.79 Å². The highest BCUT2D eigenvalue weighted by Crippen LogP contribution is 2.15. The summed E-state index contributed by atoms with van der Waals surface area (Å²) in [5, 5.41) is 4.28. The zero-order valence-corrected chi connectivity index (χ0v) is 11.9. The molecule has 0 saturated heterocycles. The third-order valence-corrected chi connectivity index (χ3v) is 2.93. The highest BCUT2D eigenvalue weighted by molar-refractivity contribution is 7.80. The lowest BCUT2D eigenvalue weighted by atomic mass is 10.3. The normalized spacial score (nSPS) is 9.90. The lowest BCUT2D eigenvalue weighted by Gasteiger charge is -2.18. The molecule has 1 amide bonds. The molecule has 1 heterocycles. The minimum atomic E-state index is -0.495. The number of nitrogens with one attached hydrogen (secondary N) is 1. The number of amides is 1. The van der Waals surface area contributed by atoms with Gasteiger partial charge in [-0.05, 0) is 42.5 Å². The quantitative estimate of drug-likeness (QED) is 0.386. The zero-order valence-electron chi connectivity index (χ0n) is 10.3. The van der Waals surface area contributed by atoms with Crippen LogP contribution in [0.2, 0.25) is 5.02 Å². The molecule has 0 aliphatic rings. The summed E-state index contributed by atoms with van der Waals surface area (Å²) in [5.41, 5.74) is 0.858. The summed E-state index contributed by atoms with van der Waals surface area (Å²) < 4.78 is 0. The number of benzene rings is 1. The monoisotopic (exact) mass is 306 g/mol. The van der Waals surface area contributed by atoms with Crippen LogP contribution in [0.4, 0.5) is 5.69 Å². The fraction of sp³-hybridized carbons (Fsp3) is 0. The standard InChI is InChI=1S/C13H11ClN4OS/c14-9-4-3-5-10(8-9)17-13(20)18(15)12(19)11-6-1-2-7-16-11/h1-8H,15H2,(H,17,20). The van der Waals surface area contributed by atoms with Gasteiger partial charge in [0.2, 0.25) is 0 Å². The van der Waals surface area contributed by atoms with E-state index in [-0.39, 0.29) is 10.8 Å². The van der Waals surface area contributed by atoms with Crippen LogP contribution >= 0.6 is 23.8 Å². The van der Waals surface area contributed by atoms with Gasteiger partial charge in [0, 0.05) is 16.9 Å². The molecule has 5 nitrogen and oxygen atoms in total. The number of anilines is 1. The zero-order chi connectivity index (χ0) is 14.5. The summed E-state index contributed by atoms with van der Waals surface area (Å²) in [6.07, 6.45) is 1.51. The Hall–Kier alpha value is -2.02. The van der Waals surface area contributed by atoms with E-state index in [9.17, 15) is 4.79 Å². The van der Waals surface area contributed by atoms with Crippen molar-refractivity contribution in [3.63, 3.8) is 0 Å². The first-order valence-corrected chi connectivity index (χ1v) is 6.43. The lowest BCUT2D eigenvalue weighted by molar-refractivity contribution is 0.0844. The summed E-state index contributed by atoms with van der Waals surface area (Å²) in [6, 6.07) is 11.9. The number of nitrogens with zero attached hydrogens (tertiary/aromatic N) is 2. The predicted molar refractivity (Wildman–Crippen MR) is 82.3 cm³/mol. The smallest absolute Gasteiger partial charge is 0.292 e. The molecule has 1 aromatic heterocycles. The average molecular weight is 307 g/mol. The molecule has 3 N–H and O–H groups in total. The van der Waals surface area contributed by atoms with Crippen molar-refractivity contribution in [2.24, 2.45) is 5.84 Å². The molecule has 7 heteroatoms. The molecule has 20 heavy (non-hydrogen) atoms. The minimum absolute atomic E-state index is 0.0583. The lowest BCUT2D eigenvalue weighted by Crippen LogP contribution is -2.45. The Balaban J connectivity index is 2.07. The molecule has 1 aromatic carbocycles. The topological polar surface area (TPSA) is 71.2 Å². The van der Waals surface area contributed by atoms with Gasteiger partial charge in [0.05, 0.1) is 0 Å². The number of halogens is 1. The molecule has 0 unspecified atom stereocenters. The van der Waals surface area contributed by atoms with Gasteiger partial charge in [-0.2, -0.15) is 0 Å². The van der Waals surface area contributed by atoms with Gasteiger partial charge in [-0.3, -0.25) is 9.78 Å². The molecule has 0 radical (unpaired) electrons. The van der Waals surface area contributed by atoms with Crippen molar-refractivity contribution >= 4 is 40.5 Å². The molecule has 0 aliphatic carbocycles. The van der Waals surface area contributed by atoms with Crippen molar-refractivity contribution in [1.29, 1.82) is 0 Å². The first kappa shape index (κ1) is 14.4. The van der Waals surface area contributed by atoms with Crippen LogP contribution in [-0.2, 0) is 0 Å². The number of hydrogen-bond donors (Lipinski definition) is 2. The van der Waals surface area contributed by atoms with Gasteiger partial charge >= 0.3 is 0 Å². The molecule has 0 bridgehead atoms. The van der Waals surface area contributed by atoms with E-state index in [4.69, 9.17) is 29.7 Å². The number of thiocarbonyl (C=S) groups is 1. The van der Waals surface area contributed by atoms with Crippen LogP contribution in [-0.4, -0.2) is 21.0 Å². The number of pyridine rings is 1. The summed E-state index contributed by atoms with van der Waals surface area (Å²) in [4.78, 5) is 16.0. The van der Waals surface area contributed by atoms with Gasteiger partial charge < -0.3 is 5.32 Å². The predicted octanol–water partition coefficient (Wildman–Crippen LogP) is 2.45. The highest BCUT2D eigenvalue weighted by Gasteiger charge is 2.17. The van der Waals surface area contributed by atoms with E-state index >= 15 is 0 Å². The second-order valence-electron chi connectivity index (χ2n) is 3.83. The fourth-order valence-electron chi connectivity index (χ4n) is 1.45. The van der Waals surface area contributed by atoms with Gasteiger partial charge in [-0.1, -0.05) is 23.7 Å². The van der Waals surface area contributed by atoms with Crippen molar-refractivity contribution in [3.8, 4) is 0 Å². The number of carbonyl (C=O) groups excluding carboxylic acids is 1. The maximum absolute atomic E-state index is 12.0. The molecule has 0 spiro atoms. The number of carbonyl (C=O) groups is 1. The van der Waals surface area contributed by atoms with E-state index in [1.165, 1.54) is 6.20 Å². The number of rotatable bonds is 2. The molecule has 0 aliphatic heterocycles. The molecule has 0 atom stereocenters. The Kier molecular flexibility index (Phi) is 4.62. The Morgan fingerprint density at radius 2 is 2.10 bits per heavy atom. The number of aromatic nitrogens is 1. The van der Waals surface area contributed by atoms with Crippen LogP contribution in [0, 0.1) is 0 Å². The third kappa shape index (κ3) is 3.51. The Labute approximate surface area is 126 Å². The average Bonchev–Trinajstić information content (AvgIpc) is 2.46. The third-order valence-electron chi connectivity index (χ3n) is 2.40. The van der Waals surface area contributed by atoms with Crippen LogP contribution in [0.15, 0.2) is 48.7 Å². The molecule has 0 fully saturated rings. The van der Waals surface area contributed by atoms with E-state index in [0.717, 1.165) is 5.01 Å². The van der Waals surface area contributed by atoms with Crippen LogP contribution in [0.3, 0.4) is 0 Å². The summed E-state index contributed by atoms with van der Waals surface area (Å²) in [5.74, 6) is 5.19. The summed E-state index contributed by atoms with van der Waals surface area (Å²) in [6.45, 7) is 0. The van der Waals surface area contributed by atoms with Crippen molar-refractivity contribution in [2.75, 3.05) is 5.32 Å². The second-order valence-corrected chi connectivity index (χ2v) is 4.65. The number of nitrogens with two attached hydrogens (primary N) is 1. The Bertz CT molecular complexity index is 635. The van der Waals surface area contributed by atoms with E-state index in [0.29, 0.717) is 10.7 Å². The molecule has 102 valence electrons. The van der Waals surface area contributed by atoms with Gasteiger partial charge in [-0.25, -0.2) is 10.9 Å². The fourth-order valence-corrected chi connectivity index (χ4v) is 1.85. The van der Waals surface area contributed by atoms with E-state index in [1.54, 1.807) is 42.5 Å².